The first kappa shape index (κ1) is 15.5. The van der Waals surface area contributed by atoms with Gasteiger partial charge in [-0.1, -0.05) is 29.8 Å². The molecule has 4 nitrogen and oxygen atoms in total. The first-order valence-electron chi connectivity index (χ1n) is 6.73. The zero-order chi connectivity index (χ0) is 15.2. The quantitative estimate of drug-likeness (QED) is 0.902. The minimum Gasteiger partial charge on any atom is -0.352 e. The lowest BCUT2D eigenvalue weighted by Crippen LogP contribution is -2.26. The molecular weight excluding hydrogens is 332 g/mol. The molecule has 1 aromatic heterocycles. The van der Waals surface area contributed by atoms with Crippen molar-refractivity contribution in [3.8, 4) is 0 Å². The van der Waals surface area contributed by atoms with E-state index in [9.17, 15) is 9.59 Å². The van der Waals surface area contributed by atoms with Crippen molar-refractivity contribution in [1.82, 2.24) is 9.88 Å². The van der Waals surface area contributed by atoms with Crippen LogP contribution in [0.3, 0.4) is 0 Å². The normalized spacial score (nSPS) is 10.4. The van der Waals surface area contributed by atoms with Gasteiger partial charge in [-0.05, 0) is 34.5 Å². The SMILES string of the molecule is Cc1ccc(CNC(=O)CCn2cc(Br)ccc2=O)cc1. The monoisotopic (exact) mass is 348 g/mol. The molecule has 5 heteroatoms. The minimum atomic E-state index is -0.107. The Kier molecular flexibility index (Phi) is 5.33. The maximum Gasteiger partial charge on any atom is 0.250 e. The summed E-state index contributed by atoms with van der Waals surface area (Å²) < 4.78 is 2.34. The summed E-state index contributed by atoms with van der Waals surface area (Å²) in [4.78, 5) is 23.4. The predicted molar refractivity (Wildman–Crippen MR) is 86.0 cm³/mol. The lowest BCUT2D eigenvalue weighted by molar-refractivity contribution is -0.121. The van der Waals surface area contributed by atoms with Crippen LogP contribution in [0.25, 0.3) is 0 Å². The van der Waals surface area contributed by atoms with Gasteiger partial charge in [0.2, 0.25) is 5.91 Å². The number of rotatable bonds is 5. The molecule has 1 heterocycles. The molecule has 0 aliphatic carbocycles. The second-order valence-corrected chi connectivity index (χ2v) is 5.81. The molecule has 1 aromatic carbocycles. The van der Waals surface area contributed by atoms with Gasteiger partial charge in [-0.15, -0.1) is 0 Å². The highest BCUT2D eigenvalue weighted by Crippen LogP contribution is 2.05. The van der Waals surface area contributed by atoms with Crippen LogP contribution in [0.1, 0.15) is 17.5 Å². The van der Waals surface area contributed by atoms with Gasteiger partial charge in [-0.2, -0.15) is 0 Å². The summed E-state index contributed by atoms with van der Waals surface area (Å²) in [6.45, 7) is 2.91. The van der Waals surface area contributed by atoms with E-state index < -0.39 is 0 Å². The van der Waals surface area contributed by atoms with Crippen LogP contribution >= 0.6 is 15.9 Å². The van der Waals surface area contributed by atoms with Crippen LogP contribution in [0.2, 0.25) is 0 Å². The standard InChI is InChI=1S/C16H17BrN2O2/c1-12-2-4-13(5-3-12)10-18-15(20)8-9-19-11-14(17)6-7-16(19)21/h2-7,11H,8-10H2,1H3,(H,18,20). The Balaban J connectivity index is 1.83. The highest BCUT2D eigenvalue weighted by Gasteiger charge is 2.03. The van der Waals surface area contributed by atoms with Crippen LogP contribution in [-0.2, 0) is 17.9 Å². The molecule has 110 valence electrons. The molecule has 0 saturated heterocycles. The largest absolute Gasteiger partial charge is 0.352 e. The maximum atomic E-state index is 11.8. The van der Waals surface area contributed by atoms with Crippen molar-refractivity contribution >= 4 is 21.8 Å². The number of carbonyl (C=O) groups excluding carboxylic acids is 1. The van der Waals surface area contributed by atoms with Crippen LogP contribution in [0.4, 0.5) is 0 Å². The number of benzene rings is 1. The van der Waals surface area contributed by atoms with Crippen molar-refractivity contribution < 1.29 is 4.79 Å². The average molecular weight is 349 g/mol. The summed E-state index contributed by atoms with van der Waals surface area (Å²) in [6, 6.07) is 11.2. The Labute approximate surface area is 131 Å². The van der Waals surface area contributed by atoms with Crippen molar-refractivity contribution in [2.45, 2.75) is 26.4 Å². The summed E-state index contributed by atoms with van der Waals surface area (Å²) in [5.74, 6) is -0.0672. The molecule has 0 radical (unpaired) electrons. The van der Waals surface area contributed by atoms with Gasteiger partial charge in [0, 0.05) is 36.2 Å². The minimum absolute atomic E-state index is 0.0672. The zero-order valence-corrected chi connectivity index (χ0v) is 13.4. The number of nitrogens with zero attached hydrogens (tertiary/aromatic N) is 1. The van der Waals surface area contributed by atoms with Gasteiger partial charge in [-0.25, -0.2) is 0 Å². The molecule has 0 atom stereocenters. The fourth-order valence-electron chi connectivity index (χ4n) is 1.89. The second-order valence-electron chi connectivity index (χ2n) is 4.89. The molecule has 21 heavy (non-hydrogen) atoms. The maximum absolute atomic E-state index is 11.8. The molecule has 0 saturated carbocycles. The van der Waals surface area contributed by atoms with E-state index in [4.69, 9.17) is 0 Å². The van der Waals surface area contributed by atoms with E-state index in [-0.39, 0.29) is 17.9 Å². The third-order valence-corrected chi connectivity index (χ3v) is 3.61. The van der Waals surface area contributed by atoms with Gasteiger partial charge in [0.05, 0.1) is 0 Å². The fourth-order valence-corrected chi connectivity index (χ4v) is 2.27. The lowest BCUT2D eigenvalue weighted by Gasteiger charge is -2.08. The van der Waals surface area contributed by atoms with Crippen molar-refractivity contribution in [2.75, 3.05) is 0 Å². The number of pyridine rings is 1. The Bertz CT molecular complexity index is 677. The second kappa shape index (κ2) is 7.22. The highest BCUT2D eigenvalue weighted by atomic mass is 79.9. The van der Waals surface area contributed by atoms with E-state index >= 15 is 0 Å². The number of aryl methyl sites for hydroxylation is 2. The lowest BCUT2D eigenvalue weighted by atomic mass is 10.1. The molecule has 0 bridgehead atoms. The first-order chi connectivity index (χ1) is 10.0. The Morgan fingerprint density at radius 1 is 1.19 bits per heavy atom. The Morgan fingerprint density at radius 3 is 2.62 bits per heavy atom. The van der Waals surface area contributed by atoms with Crippen molar-refractivity contribution in [2.24, 2.45) is 0 Å². The molecule has 0 fully saturated rings. The van der Waals surface area contributed by atoms with Crippen LogP contribution in [0.15, 0.2) is 51.9 Å². The summed E-state index contributed by atoms with van der Waals surface area (Å²) in [6.07, 6.45) is 1.97. The van der Waals surface area contributed by atoms with Crippen LogP contribution in [0, 0.1) is 6.92 Å². The van der Waals surface area contributed by atoms with Gasteiger partial charge in [0.1, 0.15) is 0 Å². The average Bonchev–Trinajstić information content (AvgIpc) is 2.47. The van der Waals surface area contributed by atoms with Crippen molar-refractivity contribution in [3.63, 3.8) is 0 Å². The molecule has 1 amide bonds. The van der Waals surface area contributed by atoms with Gasteiger partial charge in [-0.3, -0.25) is 9.59 Å². The van der Waals surface area contributed by atoms with E-state index in [1.54, 1.807) is 12.3 Å². The Morgan fingerprint density at radius 2 is 1.90 bits per heavy atom. The number of nitrogens with one attached hydrogen (secondary N) is 1. The van der Waals surface area contributed by atoms with E-state index in [1.807, 2.05) is 31.2 Å². The van der Waals surface area contributed by atoms with Crippen LogP contribution in [-0.4, -0.2) is 10.5 Å². The summed E-state index contributed by atoms with van der Waals surface area (Å²) in [5.41, 5.74) is 2.15. The first-order valence-corrected chi connectivity index (χ1v) is 7.52. The molecular formula is C16H17BrN2O2. The van der Waals surface area contributed by atoms with E-state index in [0.717, 1.165) is 10.0 Å². The van der Waals surface area contributed by atoms with Gasteiger partial charge < -0.3 is 9.88 Å². The zero-order valence-electron chi connectivity index (χ0n) is 11.8. The third-order valence-electron chi connectivity index (χ3n) is 3.14. The van der Waals surface area contributed by atoms with E-state index in [0.29, 0.717) is 13.1 Å². The molecule has 0 aliphatic rings. The van der Waals surface area contributed by atoms with Crippen molar-refractivity contribution in [1.29, 1.82) is 0 Å². The summed E-state index contributed by atoms with van der Waals surface area (Å²) in [7, 11) is 0. The van der Waals surface area contributed by atoms with E-state index in [1.165, 1.54) is 16.2 Å². The Hall–Kier alpha value is -1.88. The third kappa shape index (κ3) is 4.86. The number of aromatic nitrogens is 1. The number of amides is 1. The molecule has 0 aliphatic heterocycles. The number of halogens is 1. The van der Waals surface area contributed by atoms with Crippen LogP contribution < -0.4 is 10.9 Å². The van der Waals surface area contributed by atoms with Crippen molar-refractivity contribution in [3.05, 3.63) is 68.5 Å². The fraction of sp³-hybridized carbons (Fsp3) is 0.250. The molecule has 2 rings (SSSR count). The topological polar surface area (TPSA) is 51.1 Å². The number of hydrogen-bond donors (Lipinski definition) is 1. The summed E-state index contributed by atoms with van der Waals surface area (Å²) in [5, 5.41) is 2.86. The number of carbonyl (C=O) groups is 1. The summed E-state index contributed by atoms with van der Waals surface area (Å²) >= 11 is 3.31. The molecule has 0 spiro atoms. The smallest absolute Gasteiger partial charge is 0.250 e. The number of hydrogen-bond acceptors (Lipinski definition) is 2. The molecule has 2 aromatic rings. The van der Waals surface area contributed by atoms with Gasteiger partial charge in [0.15, 0.2) is 0 Å². The predicted octanol–water partition coefficient (Wildman–Crippen LogP) is 2.63. The highest BCUT2D eigenvalue weighted by molar-refractivity contribution is 9.10. The van der Waals surface area contributed by atoms with Crippen LogP contribution in [0.5, 0.6) is 0 Å². The molecule has 0 unspecified atom stereocenters. The van der Waals surface area contributed by atoms with Gasteiger partial charge in [0.25, 0.3) is 5.56 Å². The van der Waals surface area contributed by atoms with Gasteiger partial charge >= 0.3 is 0 Å². The molecule has 1 N–H and O–H groups in total. The van der Waals surface area contributed by atoms with E-state index in [2.05, 4.69) is 21.2 Å².